The maximum absolute atomic E-state index is 9.09. The van der Waals surface area contributed by atoms with Gasteiger partial charge in [0.05, 0.1) is 0 Å². The number of aliphatic hydroxyl groups excluding tert-OH is 1. The van der Waals surface area contributed by atoms with Crippen molar-refractivity contribution < 1.29 is 5.11 Å². The van der Waals surface area contributed by atoms with E-state index >= 15 is 0 Å². The van der Waals surface area contributed by atoms with Gasteiger partial charge >= 0.3 is 0 Å². The zero-order valence-electron chi connectivity index (χ0n) is 5.04. The molecule has 0 spiro atoms. The molecule has 1 N–H and O–H groups in total. The van der Waals surface area contributed by atoms with E-state index < -0.39 is 6.10 Å². The van der Waals surface area contributed by atoms with Gasteiger partial charge in [0.25, 0.3) is 0 Å². The smallest absolute Gasteiger partial charge is 0.105 e. The van der Waals surface area contributed by atoms with Crippen LogP contribution < -0.4 is 0 Å². The Morgan fingerprint density at radius 1 is 1.56 bits per heavy atom. The van der Waals surface area contributed by atoms with Gasteiger partial charge in [0, 0.05) is 5.57 Å². The summed E-state index contributed by atoms with van der Waals surface area (Å²) in [5.41, 5.74) is 3.37. The third kappa shape index (κ3) is 1.20. The largest absolute Gasteiger partial charge is 0.384 e. The molecule has 0 bridgehead atoms. The molecule has 0 fully saturated rings. The lowest BCUT2D eigenvalue weighted by molar-refractivity contribution is 0.262. The molecule has 0 heterocycles. The Hall–Kier alpha value is -1.04. The van der Waals surface area contributed by atoms with Crippen LogP contribution in [0.15, 0.2) is 42.2 Å². The zero-order chi connectivity index (χ0) is 6.69. The number of hydrogen-bond acceptors (Lipinski definition) is 1. The van der Waals surface area contributed by atoms with Crippen LogP contribution in [0.3, 0.4) is 0 Å². The van der Waals surface area contributed by atoms with Gasteiger partial charge in [-0.25, -0.2) is 0 Å². The van der Waals surface area contributed by atoms with Gasteiger partial charge in [-0.3, -0.25) is 0 Å². The van der Waals surface area contributed by atoms with Crippen molar-refractivity contribution in [1.29, 1.82) is 0 Å². The molecule has 1 aliphatic rings. The molecular weight excluding hydrogens is 112 g/mol. The van der Waals surface area contributed by atoms with E-state index in [1.54, 1.807) is 18.2 Å². The number of aliphatic hydroxyl groups is 1. The van der Waals surface area contributed by atoms with Crippen molar-refractivity contribution in [3.63, 3.8) is 0 Å². The minimum Gasteiger partial charge on any atom is -0.384 e. The van der Waals surface area contributed by atoms with Crippen molar-refractivity contribution in [3.05, 3.63) is 42.2 Å². The fourth-order valence-electron chi connectivity index (χ4n) is 0.694. The second-order valence-corrected chi connectivity index (χ2v) is 1.82. The summed E-state index contributed by atoms with van der Waals surface area (Å²) < 4.78 is 0. The average Bonchev–Trinajstić information content (AvgIpc) is 1.89. The second-order valence-electron chi connectivity index (χ2n) is 1.82. The van der Waals surface area contributed by atoms with E-state index in [0.29, 0.717) is 0 Å². The summed E-state index contributed by atoms with van der Waals surface area (Å²) in [6.07, 6.45) is 6.62. The molecule has 1 nitrogen and oxygen atoms in total. The predicted molar refractivity (Wildman–Crippen MR) is 36.9 cm³/mol. The molecule has 1 atom stereocenters. The van der Waals surface area contributed by atoms with Gasteiger partial charge in [-0.05, 0) is 6.08 Å². The lowest BCUT2D eigenvalue weighted by atomic mass is 10.1. The third-order valence-electron chi connectivity index (χ3n) is 1.20. The predicted octanol–water partition coefficient (Wildman–Crippen LogP) is 1.18. The van der Waals surface area contributed by atoms with E-state index in [1.807, 2.05) is 6.08 Å². The molecule has 0 aromatic rings. The Bertz CT molecular complexity index is 205. The number of allylic oxidation sites excluding steroid dienone is 2. The van der Waals surface area contributed by atoms with E-state index in [1.165, 1.54) is 0 Å². The molecule has 1 aliphatic carbocycles. The summed E-state index contributed by atoms with van der Waals surface area (Å²) in [6.45, 7) is 3.43. The van der Waals surface area contributed by atoms with Gasteiger partial charge in [-0.15, -0.1) is 5.73 Å². The first-order chi connectivity index (χ1) is 4.34. The summed E-state index contributed by atoms with van der Waals surface area (Å²) in [5, 5.41) is 9.09. The summed E-state index contributed by atoms with van der Waals surface area (Å²) in [6, 6.07) is 0. The molecule has 1 unspecified atom stereocenters. The van der Waals surface area contributed by atoms with Crippen LogP contribution in [0.1, 0.15) is 0 Å². The molecule has 1 rings (SSSR count). The Morgan fingerprint density at radius 3 is 2.78 bits per heavy atom. The lowest BCUT2D eigenvalue weighted by Gasteiger charge is -2.05. The Labute approximate surface area is 54.3 Å². The Kier molecular flexibility index (Phi) is 1.69. The summed E-state index contributed by atoms with van der Waals surface area (Å²) in [5.74, 6) is 0. The normalized spacial score (nSPS) is 24.1. The number of rotatable bonds is 0. The third-order valence-corrected chi connectivity index (χ3v) is 1.20. The van der Waals surface area contributed by atoms with Gasteiger partial charge in [0.1, 0.15) is 6.10 Å². The van der Waals surface area contributed by atoms with Crippen molar-refractivity contribution in [3.8, 4) is 0 Å². The van der Waals surface area contributed by atoms with E-state index in [9.17, 15) is 0 Å². The standard InChI is InChI=1S/C8H8O/c1-2-7-5-3-4-6-8(7)9/h3-6,8-9H,1H2. The van der Waals surface area contributed by atoms with Crippen LogP contribution in [-0.4, -0.2) is 11.2 Å². The first-order valence-electron chi connectivity index (χ1n) is 2.77. The highest BCUT2D eigenvalue weighted by atomic mass is 16.3. The maximum atomic E-state index is 9.09. The van der Waals surface area contributed by atoms with E-state index in [4.69, 9.17) is 5.11 Å². The molecule has 46 valence electrons. The molecule has 0 aromatic heterocycles. The minimum absolute atomic E-state index is 0.507. The topological polar surface area (TPSA) is 20.2 Å². The molecule has 1 heteroatoms. The highest BCUT2D eigenvalue weighted by molar-refractivity contribution is 5.33. The fraction of sp³-hybridized carbons (Fsp3) is 0.125. The molecule has 0 amide bonds. The SMILES string of the molecule is C=C=C1C=CC=CC1O. The molecule has 0 aliphatic heterocycles. The summed E-state index contributed by atoms with van der Waals surface area (Å²) in [4.78, 5) is 0. The van der Waals surface area contributed by atoms with Crippen molar-refractivity contribution in [2.45, 2.75) is 6.10 Å². The molecular formula is C8H8O. The molecule has 0 aromatic carbocycles. The summed E-state index contributed by atoms with van der Waals surface area (Å²) >= 11 is 0. The molecule has 0 radical (unpaired) electrons. The monoisotopic (exact) mass is 120 g/mol. The fourth-order valence-corrected chi connectivity index (χ4v) is 0.694. The summed E-state index contributed by atoms with van der Waals surface area (Å²) in [7, 11) is 0. The van der Waals surface area contributed by atoms with Crippen LogP contribution in [0.2, 0.25) is 0 Å². The van der Waals surface area contributed by atoms with Gasteiger partial charge < -0.3 is 5.11 Å². The molecule has 0 saturated carbocycles. The van der Waals surface area contributed by atoms with Crippen LogP contribution in [-0.2, 0) is 0 Å². The van der Waals surface area contributed by atoms with Crippen molar-refractivity contribution in [2.24, 2.45) is 0 Å². The van der Waals surface area contributed by atoms with Crippen LogP contribution in [0.25, 0.3) is 0 Å². The number of hydrogen-bond donors (Lipinski definition) is 1. The van der Waals surface area contributed by atoms with Crippen molar-refractivity contribution >= 4 is 0 Å². The van der Waals surface area contributed by atoms with Crippen LogP contribution in [0.5, 0.6) is 0 Å². The maximum Gasteiger partial charge on any atom is 0.105 e. The Balaban J connectivity index is 2.90. The van der Waals surface area contributed by atoms with E-state index in [0.717, 1.165) is 5.57 Å². The van der Waals surface area contributed by atoms with Crippen molar-refractivity contribution in [2.75, 3.05) is 0 Å². The van der Waals surface area contributed by atoms with Crippen LogP contribution >= 0.6 is 0 Å². The lowest BCUT2D eigenvalue weighted by Crippen LogP contribution is -2.05. The first-order valence-corrected chi connectivity index (χ1v) is 2.77. The Morgan fingerprint density at radius 2 is 2.33 bits per heavy atom. The minimum atomic E-state index is -0.507. The second kappa shape index (κ2) is 2.49. The van der Waals surface area contributed by atoms with E-state index in [2.05, 4.69) is 12.3 Å². The molecule has 0 saturated heterocycles. The quantitative estimate of drug-likeness (QED) is 0.476. The zero-order valence-corrected chi connectivity index (χ0v) is 5.04. The highest BCUT2D eigenvalue weighted by Gasteiger charge is 2.03. The molecule has 9 heavy (non-hydrogen) atoms. The average molecular weight is 120 g/mol. The van der Waals surface area contributed by atoms with Gasteiger partial charge in [-0.1, -0.05) is 24.8 Å². The van der Waals surface area contributed by atoms with Crippen LogP contribution in [0, 0.1) is 0 Å². The highest BCUT2D eigenvalue weighted by Crippen LogP contribution is 2.08. The van der Waals surface area contributed by atoms with E-state index in [-0.39, 0.29) is 0 Å². The first kappa shape index (κ1) is 6.09. The van der Waals surface area contributed by atoms with Gasteiger partial charge in [0.2, 0.25) is 0 Å². The van der Waals surface area contributed by atoms with Gasteiger partial charge in [0.15, 0.2) is 0 Å². The van der Waals surface area contributed by atoms with Gasteiger partial charge in [-0.2, -0.15) is 0 Å². The van der Waals surface area contributed by atoms with Crippen LogP contribution in [0.4, 0.5) is 0 Å². The van der Waals surface area contributed by atoms with Crippen molar-refractivity contribution in [1.82, 2.24) is 0 Å².